The third-order valence-corrected chi connectivity index (χ3v) is 1.86. The molecule has 0 aliphatic rings. The largest absolute Gasteiger partial charge is 0.481 e. The molecule has 0 atom stereocenters. The van der Waals surface area contributed by atoms with Crippen LogP contribution in [0.5, 0.6) is 0 Å². The fourth-order valence-electron chi connectivity index (χ4n) is 0.803. The predicted molar refractivity (Wildman–Crippen MR) is 55.2 cm³/mol. The lowest BCUT2D eigenvalue weighted by molar-refractivity contribution is -0.138. The number of nitrogens with one attached hydrogen (secondary N) is 1. The van der Waals surface area contributed by atoms with E-state index in [4.69, 9.17) is 5.11 Å². The summed E-state index contributed by atoms with van der Waals surface area (Å²) in [4.78, 5) is 29.0. The Morgan fingerprint density at radius 1 is 1.33 bits per heavy atom. The Morgan fingerprint density at radius 3 is 2.60 bits per heavy atom. The molecule has 0 unspecified atom stereocenters. The zero-order chi connectivity index (χ0) is 11.3. The highest BCUT2D eigenvalue weighted by Crippen LogP contribution is 2.06. The standard InChI is InChI=1S/C8H8BrN3O3/c9-5-3-11-6(4-10-5)12-7(13)1-2-8(14)15/h3-4H,1-2H2,(H,14,15)(H,11,12,13). The van der Waals surface area contributed by atoms with Crippen LogP contribution < -0.4 is 5.32 Å². The summed E-state index contributed by atoms with van der Waals surface area (Å²) in [5.74, 6) is -1.10. The molecule has 1 aromatic heterocycles. The number of amides is 1. The van der Waals surface area contributed by atoms with Gasteiger partial charge in [-0.2, -0.15) is 0 Å². The van der Waals surface area contributed by atoms with Crippen molar-refractivity contribution in [1.82, 2.24) is 9.97 Å². The first-order chi connectivity index (χ1) is 7.08. The predicted octanol–water partition coefficient (Wildman–Crippen LogP) is 1.04. The fraction of sp³-hybridized carbons (Fsp3) is 0.250. The summed E-state index contributed by atoms with van der Waals surface area (Å²) in [5.41, 5.74) is 0. The van der Waals surface area contributed by atoms with E-state index < -0.39 is 11.9 Å². The monoisotopic (exact) mass is 273 g/mol. The molecular weight excluding hydrogens is 266 g/mol. The van der Waals surface area contributed by atoms with E-state index in [-0.39, 0.29) is 12.8 Å². The van der Waals surface area contributed by atoms with Crippen LogP contribution in [0.15, 0.2) is 17.0 Å². The van der Waals surface area contributed by atoms with Crippen LogP contribution in [0.25, 0.3) is 0 Å². The molecule has 0 aliphatic carbocycles. The van der Waals surface area contributed by atoms with Gasteiger partial charge in [-0.1, -0.05) is 0 Å². The Labute approximate surface area is 93.9 Å². The normalized spacial score (nSPS) is 9.67. The maximum atomic E-state index is 11.1. The Hall–Kier alpha value is -1.50. The summed E-state index contributed by atoms with van der Waals surface area (Å²) < 4.78 is 0.561. The molecule has 0 saturated carbocycles. The highest BCUT2D eigenvalue weighted by Gasteiger charge is 2.06. The zero-order valence-corrected chi connectivity index (χ0v) is 9.19. The number of nitrogens with zero attached hydrogens (tertiary/aromatic N) is 2. The second-order valence-electron chi connectivity index (χ2n) is 2.67. The first-order valence-electron chi connectivity index (χ1n) is 4.07. The lowest BCUT2D eigenvalue weighted by Crippen LogP contribution is -2.14. The molecule has 0 aromatic carbocycles. The van der Waals surface area contributed by atoms with E-state index in [0.717, 1.165) is 0 Å². The average Bonchev–Trinajstić information content (AvgIpc) is 2.19. The van der Waals surface area contributed by atoms with Crippen molar-refractivity contribution >= 4 is 33.6 Å². The van der Waals surface area contributed by atoms with Crippen LogP contribution >= 0.6 is 15.9 Å². The van der Waals surface area contributed by atoms with Gasteiger partial charge in [0.25, 0.3) is 0 Å². The van der Waals surface area contributed by atoms with E-state index in [1.54, 1.807) is 0 Å². The van der Waals surface area contributed by atoms with Crippen molar-refractivity contribution in [2.75, 3.05) is 5.32 Å². The third-order valence-electron chi connectivity index (χ3n) is 1.45. The van der Waals surface area contributed by atoms with Gasteiger partial charge < -0.3 is 10.4 Å². The number of hydrogen-bond acceptors (Lipinski definition) is 4. The molecule has 1 amide bonds. The number of halogens is 1. The number of carboxylic acids is 1. The molecule has 0 radical (unpaired) electrons. The van der Waals surface area contributed by atoms with Crippen molar-refractivity contribution in [3.8, 4) is 0 Å². The van der Waals surface area contributed by atoms with Crippen LogP contribution in [0.3, 0.4) is 0 Å². The van der Waals surface area contributed by atoms with Crippen LogP contribution in [-0.4, -0.2) is 27.0 Å². The summed E-state index contributed by atoms with van der Waals surface area (Å²) >= 11 is 3.10. The molecule has 7 heteroatoms. The van der Waals surface area contributed by atoms with Crippen molar-refractivity contribution in [3.63, 3.8) is 0 Å². The first kappa shape index (κ1) is 11.6. The van der Waals surface area contributed by atoms with Gasteiger partial charge in [0.15, 0.2) is 5.82 Å². The minimum absolute atomic E-state index is 0.0763. The van der Waals surface area contributed by atoms with Gasteiger partial charge >= 0.3 is 5.97 Å². The van der Waals surface area contributed by atoms with Crippen molar-refractivity contribution in [2.45, 2.75) is 12.8 Å². The molecule has 0 saturated heterocycles. The van der Waals surface area contributed by atoms with Crippen LogP contribution in [0.2, 0.25) is 0 Å². The van der Waals surface area contributed by atoms with Crippen molar-refractivity contribution < 1.29 is 14.7 Å². The zero-order valence-electron chi connectivity index (χ0n) is 7.61. The van der Waals surface area contributed by atoms with Gasteiger partial charge in [-0.15, -0.1) is 0 Å². The van der Waals surface area contributed by atoms with Gasteiger partial charge in [0, 0.05) is 6.42 Å². The number of carbonyl (C=O) groups excluding carboxylic acids is 1. The Balaban J connectivity index is 2.44. The van der Waals surface area contributed by atoms with Crippen LogP contribution in [0.1, 0.15) is 12.8 Å². The van der Waals surface area contributed by atoms with E-state index in [2.05, 4.69) is 31.2 Å². The topological polar surface area (TPSA) is 92.2 Å². The average molecular weight is 274 g/mol. The molecule has 6 nitrogen and oxygen atoms in total. The molecular formula is C8H8BrN3O3. The Kier molecular flexibility index (Phi) is 4.17. The number of aliphatic carboxylic acids is 1. The van der Waals surface area contributed by atoms with Crippen LogP contribution in [0, 0.1) is 0 Å². The highest BCUT2D eigenvalue weighted by molar-refractivity contribution is 9.10. The van der Waals surface area contributed by atoms with E-state index >= 15 is 0 Å². The molecule has 2 N–H and O–H groups in total. The molecule has 0 aliphatic heterocycles. The number of carboxylic acid groups (broad SMARTS) is 1. The highest BCUT2D eigenvalue weighted by atomic mass is 79.9. The Morgan fingerprint density at radius 2 is 2.07 bits per heavy atom. The summed E-state index contributed by atoms with van der Waals surface area (Å²) in [7, 11) is 0. The van der Waals surface area contributed by atoms with E-state index in [0.29, 0.717) is 10.4 Å². The van der Waals surface area contributed by atoms with E-state index in [9.17, 15) is 9.59 Å². The maximum Gasteiger partial charge on any atom is 0.303 e. The fourth-order valence-corrected chi connectivity index (χ4v) is 1.01. The maximum absolute atomic E-state index is 11.1. The molecule has 1 aromatic rings. The Bertz CT molecular complexity index is 366. The number of aromatic nitrogens is 2. The summed E-state index contributed by atoms with van der Waals surface area (Å²) in [6.07, 6.45) is 2.54. The van der Waals surface area contributed by atoms with Gasteiger partial charge in [0.05, 0.1) is 18.8 Å². The second kappa shape index (κ2) is 5.40. The SMILES string of the molecule is O=C(O)CCC(=O)Nc1cnc(Br)cn1. The lowest BCUT2D eigenvalue weighted by atomic mass is 10.3. The first-order valence-corrected chi connectivity index (χ1v) is 4.86. The van der Waals surface area contributed by atoms with Gasteiger partial charge in [-0.05, 0) is 15.9 Å². The minimum atomic E-state index is -1.01. The number of hydrogen-bond donors (Lipinski definition) is 2. The number of rotatable bonds is 4. The number of carbonyl (C=O) groups is 2. The number of anilines is 1. The van der Waals surface area contributed by atoms with E-state index in [1.165, 1.54) is 12.4 Å². The van der Waals surface area contributed by atoms with Crippen molar-refractivity contribution in [3.05, 3.63) is 17.0 Å². The summed E-state index contributed by atoms with van der Waals surface area (Å²) in [5, 5.41) is 10.8. The van der Waals surface area contributed by atoms with Gasteiger partial charge in [0.1, 0.15) is 4.60 Å². The second-order valence-corrected chi connectivity index (χ2v) is 3.48. The lowest BCUT2D eigenvalue weighted by Gasteiger charge is -2.01. The smallest absolute Gasteiger partial charge is 0.303 e. The molecule has 15 heavy (non-hydrogen) atoms. The summed E-state index contributed by atoms with van der Waals surface area (Å²) in [6.45, 7) is 0. The third kappa shape index (κ3) is 4.50. The molecule has 1 heterocycles. The van der Waals surface area contributed by atoms with Crippen molar-refractivity contribution in [1.29, 1.82) is 0 Å². The van der Waals surface area contributed by atoms with Gasteiger partial charge in [0.2, 0.25) is 5.91 Å². The summed E-state index contributed by atoms with van der Waals surface area (Å²) in [6, 6.07) is 0. The van der Waals surface area contributed by atoms with Gasteiger partial charge in [-0.3, -0.25) is 9.59 Å². The molecule has 80 valence electrons. The molecule has 0 spiro atoms. The molecule has 0 bridgehead atoms. The van der Waals surface area contributed by atoms with Gasteiger partial charge in [-0.25, -0.2) is 9.97 Å². The van der Waals surface area contributed by atoms with E-state index in [1.807, 2.05) is 0 Å². The quantitative estimate of drug-likeness (QED) is 0.855. The van der Waals surface area contributed by atoms with Crippen molar-refractivity contribution in [2.24, 2.45) is 0 Å². The molecule has 1 rings (SSSR count). The van der Waals surface area contributed by atoms with Crippen LogP contribution in [-0.2, 0) is 9.59 Å². The minimum Gasteiger partial charge on any atom is -0.481 e. The van der Waals surface area contributed by atoms with Crippen LogP contribution in [0.4, 0.5) is 5.82 Å². The molecule has 0 fully saturated rings.